The van der Waals surface area contributed by atoms with Crippen molar-refractivity contribution < 1.29 is 9.53 Å². The lowest BCUT2D eigenvalue weighted by molar-refractivity contribution is 0.112. The SMILES string of the molecule is COCc1nc(N(C)Cc2ccccc2Cl)sc1C=O. The fourth-order valence-electron chi connectivity index (χ4n) is 1.80. The molecular weight excluding hydrogens is 296 g/mol. The first-order chi connectivity index (χ1) is 9.65. The topological polar surface area (TPSA) is 42.4 Å². The van der Waals surface area contributed by atoms with E-state index >= 15 is 0 Å². The number of benzene rings is 1. The average molecular weight is 311 g/mol. The molecule has 2 aromatic rings. The Morgan fingerprint density at radius 1 is 1.45 bits per heavy atom. The van der Waals surface area contributed by atoms with E-state index in [1.54, 1.807) is 7.11 Å². The van der Waals surface area contributed by atoms with E-state index in [-0.39, 0.29) is 0 Å². The van der Waals surface area contributed by atoms with Gasteiger partial charge in [-0.15, -0.1) is 0 Å². The zero-order chi connectivity index (χ0) is 14.5. The average Bonchev–Trinajstić information content (AvgIpc) is 2.85. The molecule has 0 N–H and O–H groups in total. The van der Waals surface area contributed by atoms with Crippen molar-refractivity contribution in [2.24, 2.45) is 0 Å². The van der Waals surface area contributed by atoms with Crippen molar-refractivity contribution in [1.29, 1.82) is 0 Å². The van der Waals surface area contributed by atoms with Crippen LogP contribution in [0.15, 0.2) is 24.3 Å². The summed E-state index contributed by atoms with van der Waals surface area (Å²) in [5, 5.41) is 1.50. The number of carbonyl (C=O) groups is 1. The highest BCUT2D eigenvalue weighted by molar-refractivity contribution is 7.17. The number of rotatable bonds is 6. The first-order valence-corrected chi connectivity index (χ1v) is 7.23. The quantitative estimate of drug-likeness (QED) is 0.767. The van der Waals surface area contributed by atoms with E-state index in [1.165, 1.54) is 11.3 Å². The van der Waals surface area contributed by atoms with Gasteiger partial charge in [0.25, 0.3) is 0 Å². The van der Waals surface area contributed by atoms with Crippen LogP contribution in [0.4, 0.5) is 5.13 Å². The molecule has 2 rings (SSSR count). The van der Waals surface area contributed by atoms with E-state index in [9.17, 15) is 4.79 Å². The van der Waals surface area contributed by atoms with Crippen LogP contribution in [0.1, 0.15) is 20.9 Å². The summed E-state index contributed by atoms with van der Waals surface area (Å²) in [5.41, 5.74) is 1.70. The first kappa shape index (κ1) is 15.0. The Bertz CT molecular complexity index is 601. The van der Waals surface area contributed by atoms with Crippen LogP contribution >= 0.6 is 22.9 Å². The standard InChI is InChI=1S/C14H15ClN2O2S/c1-17(7-10-5-3-4-6-11(10)15)14-16-12(9-19-2)13(8-18)20-14/h3-6,8H,7,9H2,1-2H3. The monoisotopic (exact) mass is 310 g/mol. The van der Waals surface area contributed by atoms with E-state index < -0.39 is 0 Å². The minimum Gasteiger partial charge on any atom is -0.378 e. The summed E-state index contributed by atoms with van der Waals surface area (Å²) in [6.07, 6.45) is 0.818. The number of ether oxygens (including phenoxy) is 1. The second-order valence-corrected chi connectivity index (χ2v) is 5.72. The number of hydrogen-bond acceptors (Lipinski definition) is 5. The van der Waals surface area contributed by atoms with Crippen LogP contribution in [0, 0.1) is 0 Å². The second kappa shape index (κ2) is 6.83. The van der Waals surface area contributed by atoms with Gasteiger partial charge >= 0.3 is 0 Å². The van der Waals surface area contributed by atoms with Crippen LogP contribution in [0.25, 0.3) is 0 Å². The lowest BCUT2D eigenvalue weighted by Crippen LogP contribution is -2.16. The highest BCUT2D eigenvalue weighted by Gasteiger charge is 2.14. The molecule has 1 heterocycles. The van der Waals surface area contributed by atoms with Crippen LogP contribution in [0.5, 0.6) is 0 Å². The van der Waals surface area contributed by atoms with E-state index in [1.807, 2.05) is 36.2 Å². The molecule has 0 aliphatic carbocycles. The van der Waals surface area contributed by atoms with Crippen molar-refractivity contribution in [2.75, 3.05) is 19.1 Å². The Morgan fingerprint density at radius 2 is 2.20 bits per heavy atom. The number of methoxy groups -OCH3 is 1. The van der Waals surface area contributed by atoms with Crippen LogP contribution < -0.4 is 4.90 Å². The molecular formula is C14H15ClN2O2S. The van der Waals surface area contributed by atoms with Gasteiger partial charge in [0.2, 0.25) is 0 Å². The molecule has 1 aromatic heterocycles. The predicted molar refractivity (Wildman–Crippen MR) is 81.8 cm³/mol. The summed E-state index contributed by atoms with van der Waals surface area (Å²) >= 11 is 7.51. The molecule has 6 heteroatoms. The summed E-state index contributed by atoms with van der Waals surface area (Å²) in [5.74, 6) is 0. The number of nitrogens with zero attached hydrogens (tertiary/aromatic N) is 2. The van der Waals surface area contributed by atoms with Crippen LogP contribution in [0.3, 0.4) is 0 Å². The number of carbonyl (C=O) groups excluding carboxylic acids is 1. The predicted octanol–water partition coefficient (Wildman–Crippen LogP) is 3.39. The largest absolute Gasteiger partial charge is 0.378 e. The third kappa shape index (κ3) is 3.36. The number of aldehydes is 1. The van der Waals surface area contributed by atoms with Gasteiger partial charge in [-0.3, -0.25) is 4.79 Å². The Hall–Kier alpha value is -1.43. The molecule has 0 unspecified atom stereocenters. The van der Waals surface area contributed by atoms with Crippen molar-refractivity contribution in [3.63, 3.8) is 0 Å². The Balaban J connectivity index is 2.19. The molecule has 0 saturated carbocycles. The smallest absolute Gasteiger partial charge is 0.186 e. The Labute approximate surface area is 127 Å². The lowest BCUT2D eigenvalue weighted by atomic mass is 10.2. The van der Waals surface area contributed by atoms with E-state index in [0.29, 0.717) is 23.7 Å². The zero-order valence-corrected chi connectivity index (χ0v) is 12.9. The second-order valence-electron chi connectivity index (χ2n) is 4.31. The molecule has 1 aromatic carbocycles. The first-order valence-electron chi connectivity index (χ1n) is 6.04. The molecule has 0 radical (unpaired) electrons. The third-order valence-corrected chi connectivity index (χ3v) is 4.30. The number of hydrogen-bond donors (Lipinski definition) is 0. The molecule has 0 fully saturated rings. The van der Waals surface area contributed by atoms with Crippen LogP contribution in [-0.2, 0) is 17.9 Å². The van der Waals surface area contributed by atoms with Crippen molar-refractivity contribution in [2.45, 2.75) is 13.2 Å². The lowest BCUT2D eigenvalue weighted by Gasteiger charge is -2.16. The third-order valence-electron chi connectivity index (χ3n) is 2.80. The normalized spacial score (nSPS) is 10.6. The molecule has 106 valence electrons. The van der Waals surface area contributed by atoms with Gasteiger partial charge in [-0.1, -0.05) is 41.1 Å². The van der Waals surface area contributed by atoms with Crippen molar-refractivity contribution in [3.8, 4) is 0 Å². The highest BCUT2D eigenvalue weighted by Crippen LogP contribution is 2.27. The van der Waals surface area contributed by atoms with Gasteiger partial charge in [-0.2, -0.15) is 0 Å². The fraction of sp³-hybridized carbons (Fsp3) is 0.286. The summed E-state index contributed by atoms with van der Waals surface area (Å²) in [6, 6.07) is 7.68. The van der Waals surface area contributed by atoms with Gasteiger partial charge in [0, 0.05) is 25.7 Å². The summed E-state index contributed by atoms with van der Waals surface area (Å²) in [6.45, 7) is 0.975. The Morgan fingerprint density at radius 3 is 2.85 bits per heavy atom. The van der Waals surface area contributed by atoms with Gasteiger partial charge in [-0.25, -0.2) is 4.98 Å². The maximum Gasteiger partial charge on any atom is 0.186 e. The maximum absolute atomic E-state index is 11.0. The molecule has 0 saturated heterocycles. The molecule has 0 bridgehead atoms. The molecule has 20 heavy (non-hydrogen) atoms. The van der Waals surface area contributed by atoms with Gasteiger partial charge in [-0.05, 0) is 11.6 Å². The van der Waals surface area contributed by atoms with Gasteiger partial charge < -0.3 is 9.64 Å². The van der Waals surface area contributed by atoms with Crippen LogP contribution in [-0.4, -0.2) is 25.4 Å². The molecule has 0 aliphatic rings. The van der Waals surface area contributed by atoms with E-state index in [0.717, 1.165) is 22.0 Å². The molecule has 0 aliphatic heterocycles. The summed E-state index contributed by atoms with van der Waals surface area (Å²) in [7, 11) is 3.51. The summed E-state index contributed by atoms with van der Waals surface area (Å²) in [4.78, 5) is 18.0. The number of halogens is 1. The summed E-state index contributed by atoms with van der Waals surface area (Å²) < 4.78 is 5.05. The number of anilines is 1. The zero-order valence-electron chi connectivity index (χ0n) is 11.3. The van der Waals surface area contributed by atoms with Gasteiger partial charge in [0.1, 0.15) is 0 Å². The number of aromatic nitrogens is 1. The maximum atomic E-state index is 11.0. The molecule has 0 amide bonds. The molecule has 0 atom stereocenters. The highest BCUT2D eigenvalue weighted by atomic mass is 35.5. The minimum atomic E-state index is 0.338. The molecule has 0 spiro atoms. The van der Waals surface area contributed by atoms with Gasteiger partial charge in [0.05, 0.1) is 17.2 Å². The van der Waals surface area contributed by atoms with Crippen molar-refractivity contribution in [1.82, 2.24) is 4.98 Å². The van der Waals surface area contributed by atoms with Crippen molar-refractivity contribution >= 4 is 34.4 Å². The fourth-order valence-corrected chi connectivity index (χ4v) is 2.83. The number of thiazole rings is 1. The van der Waals surface area contributed by atoms with Crippen molar-refractivity contribution in [3.05, 3.63) is 45.4 Å². The van der Waals surface area contributed by atoms with E-state index in [2.05, 4.69) is 4.98 Å². The molecule has 4 nitrogen and oxygen atoms in total. The van der Waals surface area contributed by atoms with Gasteiger partial charge in [0.15, 0.2) is 11.4 Å². The Kier molecular flexibility index (Phi) is 5.11. The van der Waals surface area contributed by atoms with E-state index in [4.69, 9.17) is 16.3 Å². The van der Waals surface area contributed by atoms with Crippen LogP contribution in [0.2, 0.25) is 5.02 Å². The minimum absolute atomic E-state index is 0.338.